The monoisotopic (exact) mass is 354 g/mol. The summed E-state index contributed by atoms with van der Waals surface area (Å²) < 4.78 is 137. The highest BCUT2D eigenvalue weighted by Gasteiger charge is 2.75. The molecule has 0 bridgehead atoms. The van der Waals surface area contributed by atoms with Gasteiger partial charge in [0.2, 0.25) is 0 Å². The van der Waals surface area contributed by atoms with Crippen molar-refractivity contribution in [2.75, 3.05) is 6.61 Å². The van der Waals surface area contributed by atoms with Gasteiger partial charge in [-0.1, -0.05) is 0 Å². The van der Waals surface area contributed by atoms with E-state index in [4.69, 9.17) is 0 Å². The predicted molar refractivity (Wildman–Crippen MR) is 46.9 cm³/mol. The lowest BCUT2D eigenvalue weighted by atomic mass is 10.3. The van der Waals surface area contributed by atoms with Crippen molar-refractivity contribution in [3.63, 3.8) is 0 Å². The van der Waals surface area contributed by atoms with Gasteiger partial charge >= 0.3 is 30.2 Å². The Balaban J connectivity index is 3.04. The number of hydrogen-bond acceptors (Lipinski definition) is 3. The van der Waals surface area contributed by atoms with Crippen LogP contribution in [0, 0.1) is 0 Å². The van der Waals surface area contributed by atoms with E-state index in [0.717, 1.165) is 0 Å². The third-order valence-corrected chi connectivity index (χ3v) is 2.61. The third-order valence-electron chi connectivity index (χ3n) is 2.61. The molecule has 0 aromatic carbocycles. The van der Waals surface area contributed by atoms with Crippen molar-refractivity contribution >= 4 is 0 Å². The second-order valence-electron chi connectivity index (χ2n) is 4.59. The SMILES string of the molecule is CC(F)(F)C(F)(F)OC(F)(F)C1(F)COC(C)(C(F)(F)F)O1. The molecule has 2 unspecified atom stereocenters. The van der Waals surface area contributed by atoms with E-state index in [1.165, 1.54) is 0 Å². The lowest BCUT2D eigenvalue weighted by Crippen LogP contribution is -2.56. The van der Waals surface area contributed by atoms with Crippen LogP contribution in [0.4, 0.5) is 43.9 Å². The third kappa shape index (κ3) is 3.11. The molecule has 0 aromatic rings. The lowest BCUT2D eigenvalue weighted by molar-refractivity contribution is -0.482. The second-order valence-corrected chi connectivity index (χ2v) is 4.59. The molecular formula is C9H8F10O3. The van der Waals surface area contributed by atoms with Crippen molar-refractivity contribution in [1.82, 2.24) is 0 Å². The highest BCUT2D eigenvalue weighted by molar-refractivity contribution is 4.92. The minimum absolute atomic E-state index is 0.00300. The fourth-order valence-corrected chi connectivity index (χ4v) is 1.21. The predicted octanol–water partition coefficient (Wildman–Crippen LogP) is 3.83. The molecule has 1 aliphatic rings. The molecular weight excluding hydrogens is 346 g/mol. The van der Waals surface area contributed by atoms with E-state index in [0.29, 0.717) is 0 Å². The first-order valence-corrected chi connectivity index (χ1v) is 5.30. The quantitative estimate of drug-likeness (QED) is 0.718. The van der Waals surface area contributed by atoms with Gasteiger partial charge in [0.15, 0.2) is 0 Å². The number of ether oxygens (including phenoxy) is 3. The highest BCUT2D eigenvalue weighted by atomic mass is 19.4. The Morgan fingerprint density at radius 1 is 0.955 bits per heavy atom. The molecule has 2 atom stereocenters. The van der Waals surface area contributed by atoms with E-state index >= 15 is 0 Å². The molecule has 0 saturated carbocycles. The molecule has 1 rings (SSSR count). The van der Waals surface area contributed by atoms with Crippen LogP contribution in [-0.4, -0.2) is 42.6 Å². The van der Waals surface area contributed by atoms with Gasteiger partial charge in [0, 0.05) is 6.92 Å². The van der Waals surface area contributed by atoms with Crippen LogP contribution >= 0.6 is 0 Å². The summed E-state index contributed by atoms with van der Waals surface area (Å²) in [7, 11) is 0. The standard InChI is InChI=1S/C9H8F10O3/c1-4(10,11)8(16,17)22-9(18,19)6(12)3-20-5(2,21-6)7(13,14)15/h3H2,1-2H3. The maximum absolute atomic E-state index is 13.7. The van der Waals surface area contributed by atoms with E-state index in [2.05, 4.69) is 14.2 Å². The summed E-state index contributed by atoms with van der Waals surface area (Å²) in [5.41, 5.74) is 0. The van der Waals surface area contributed by atoms with Crippen molar-refractivity contribution in [3.05, 3.63) is 0 Å². The second kappa shape index (κ2) is 4.84. The van der Waals surface area contributed by atoms with Crippen LogP contribution in [0.15, 0.2) is 0 Å². The van der Waals surface area contributed by atoms with Crippen LogP contribution in [-0.2, 0) is 14.2 Å². The lowest BCUT2D eigenvalue weighted by Gasteiger charge is -2.33. The van der Waals surface area contributed by atoms with Gasteiger partial charge in [-0.25, -0.2) is 4.74 Å². The first kappa shape index (κ1) is 19.2. The number of alkyl halides is 10. The smallest absolute Gasteiger partial charge is 0.336 e. The Morgan fingerprint density at radius 2 is 1.41 bits per heavy atom. The number of halogens is 10. The summed E-state index contributed by atoms with van der Waals surface area (Å²) in [6.45, 7) is -2.70. The van der Waals surface area contributed by atoms with Crippen molar-refractivity contribution in [1.29, 1.82) is 0 Å². The van der Waals surface area contributed by atoms with Gasteiger partial charge in [-0.15, -0.1) is 0 Å². The normalized spacial score (nSPS) is 31.6. The van der Waals surface area contributed by atoms with Crippen LogP contribution in [0.5, 0.6) is 0 Å². The van der Waals surface area contributed by atoms with Crippen molar-refractivity contribution < 1.29 is 58.1 Å². The van der Waals surface area contributed by atoms with Gasteiger partial charge in [0.05, 0.1) is 0 Å². The molecule has 1 fully saturated rings. The van der Waals surface area contributed by atoms with E-state index in [9.17, 15) is 43.9 Å². The molecule has 0 spiro atoms. The summed E-state index contributed by atoms with van der Waals surface area (Å²) in [4.78, 5) is 0. The fourth-order valence-electron chi connectivity index (χ4n) is 1.21. The van der Waals surface area contributed by atoms with Gasteiger partial charge in [-0.2, -0.15) is 43.9 Å². The molecule has 1 heterocycles. The molecule has 1 aliphatic heterocycles. The minimum atomic E-state index is -5.88. The van der Waals surface area contributed by atoms with Gasteiger partial charge in [-0.3, -0.25) is 4.74 Å². The summed E-state index contributed by atoms with van der Waals surface area (Å²) in [6.07, 6.45) is -17.2. The van der Waals surface area contributed by atoms with E-state index < -0.39 is 49.5 Å². The maximum atomic E-state index is 13.7. The van der Waals surface area contributed by atoms with E-state index in [1.807, 2.05) is 0 Å². The summed E-state index contributed by atoms with van der Waals surface area (Å²) in [5, 5.41) is 0. The Labute approximate surface area is 116 Å². The molecule has 13 heteroatoms. The topological polar surface area (TPSA) is 27.7 Å². The molecule has 132 valence electrons. The Bertz CT molecular complexity index is 430. The summed E-state index contributed by atoms with van der Waals surface area (Å²) in [5.74, 6) is -13.9. The van der Waals surface area contributed by atoms with E-state index in [1.54, 1.807) is 0 Å². The number of hydrogen-bond donors (Lipinski definition) is 0. The molecule has 0 aliphatic carbocycles. The maximum Gasteiger partial charge on any atom is 0.443 e. The highest BCUT2D eigenvalue weighted by Crippen LogP contribution is 2.51. The van der Waals surface area contributed by atoms with Gasteiger partial charge in [0.25, 0.3) is 5.79 Å². The molecule has 0 N–H and O–H groups in total. The van der Waals surface area contributed by atoms with Crippen molar-refractivity contribution in [2.45, 2.75) is 49.8 Å². The average Bonchev–Trinajstić information content (AvgIpc) is 2.53. The van der Waals surface area contributed by atoms with Crippen LogP contribution in [0.3, 0.4) is 0 Å². The zero-order valence-electron chi connectivity index (χ0n) is 10.7. The van der Waals surface area contributed by atoms with Crippen molar-refractivity contribution in [2.24, 2.45) is 0 Å². The summed E-state index contributed by atoms with van der Waals surface area (Å²) in [6, 6.07) is 0. The first-order chi connectivity index (χ1) is 9.37. The first-order valence-electron chi connectivity index (χ1n) is 5.30. The van der Waals surface area contributed by atoms with Crippen LogP contribution < -0.4 is 0 Å². The molecule has 1 saturated heterocycles. The van der Waals surface area contributed by atoms with Crippen LogP contribution in [0.1, 0.15) is 13.8 Å². The summed E-state index contributed by atoms with van der Waals surface area (Å²) >= 11 is 0. The van der Waals surface area contributed by atoms with E-state index in [-0.39, 0.29) is 6.92 Å². The molecule has 0 amide bonds. The molecule has 0 radical (unpaired) electrons. The largest absolute Gasteiger partial charge is 0.443 e. The Morgan fingerprint density at radius 3 is 1.73 bits per heavy atom. The van der Waals surface area contributed by atoms with Gasteiger partial charge in [-0.05, 0) is 6.92 Å². The van der Waals surface area contributed by atoms with Crippen LogP contribution in [0.25, 0.3) is 0 Å². The Kier molecular flexibility index (Phi) is 4.23. The van der Waals surface area contributed by atoms with Crippen molar-refractivity contribution in [3.8, 4) is 0 Å². The average molecular weight is 354 g/mol. The molecule has 0 aromatic heterocycles. The fraction of sp³-hybridized carbons (Fsp3) is 1.00. The zero-order chi connectivity index (χ0) is 17.8. The van der Waals surface area contributed by atoms with Gasteiger partial charge < -0.3 is 4.74 Å². The molecule has 3 nitrogen and oxygen atoms in total. The number of rotatable bonds is 4. The van der Waals surface area contributed by atoms with Gasteiger partial charge in [0.1, 0.15) is 6.61 Å². The Hall–Kier alpha value is -0.820. The molecule has 22 heavy (non-hydrogen) atoms. The zero-order valence-corrected chi connectivity index (χ0v) is 10.7. The minimum Gasteiger partial charge on any atom is -0.336 e. The van der Waals surface area contributed by atoms with Crippen LogP contribution in [0.2, 0.25) is 0 Å².